The highest BCUT2D eigenvalue weighted by Gasteiger charge is 2.57. The molecule has 2 heterocycles. The molecular formula is C27H36B2O4S. The van der Waals surface area contributed by atoms with Crippen LogP contribution in [0.5, 0.6) is 0 Å². The molecule has 0 unspecified atom stereocenters. The summed E-state index contributed by atoms with van der Waals surface area (Å²) in [5.41, 5.74) is 2.06. The van der Waals surface area contributed by atoms with Crippen LogP contribution in [0.3, 0.4) is 0 Å². The zero-order chi connectivity index (χ0) is 24.9. The molecule has 0 atom stereocenters. The van der Waals surface area contributed by atoms with Gasteiger partial charge >= 0.3 is 14.2 Å². The van der Waals surface area contributed by atoms with Gasteiger partial charge in [0.25, 0.3) is 0 Å². The quantitative estimate of drug-likeness (QED) is 0.276. The van der Waals surface area contributed by atoms with E-state index in [1.54, 1.807) is 11.8 Å². The van der Waals surface area contributed by atoms with Gasteiger partial charge in [0.15, 0.2) is 0 Å². The van der Waals surface area contributed by atoms with Crippen LogP contribution in [0, 0.1) is 0 Å². The molecule has 2 fully saturated rings. The second kappa shape index (κ2) is 8.86. The van der Waals surface area contributed by atoms with Gasteiger partial charge < -0.3 is 18.6 Å². The van der Waals surface area contributed by atoms with Crippen LogP contribution < -0.4 is 0 Å². The fourth-order valence-electron chi connectivity index (χ4n) is 4.17. The van der Waals surface area contributed by atoms with Crippen LogP contribution in [-0.2, 0) is 18.6 Å². The Hall–Kier alpha value is -1.50. The average molecular weight is 478 g/mol. The molecule has 180 valence electrons. The number of hydrogen-bond donors (Lipinski definition) is 0. The predicted octanol–water partition coefficient (Wildman–Crippen LogP) is 6.58. The van der Waals surface area contributed by atoms with Crippen molar-refractivity contribution in [2.75, 3.05) is 6.26 Å². The molecule has 0 aromatic heterocycles. The van der Waals surface area contributed by atoms with Crippen molar-refractivity contribution < 1.29 is 18.6 Å². The molecule has 4 rings (SSSR count). The molecule has 0 aliphatic carbocycles. The molecule has 0 bridgehead atoms. The van der Waals surface area contributed by atoms with Gasteiger partial charge in [-0.1, -0.05) is 42.5 Å². The Balaban J connectivity index is 1.99. The third-order valence-corrected chi connectivity index (χ3v) is 8.46. The molecule has 0 radical (unpaired) electrons. The summed E-state index contributed by atoms with van der Waals surface area (Å²) in [6, 6.07) is 18.8. The van der Waals surface area contributed by atoms with E-state index in [1.165, 1.54) is 4.90 Å². The van der Waals surface area contributed by atoms with E-state index in [9.17, 15) is 0 Å². The lowest BCUT2D eigenvalue weighted by Gasteiger charge is -2.32. The summed E-state index contributed by atoms with van der Waals surface area (Å²) in [4.78, 5) is 1.17. The third kappa shape index (κ3) is 4.54. The summed E-state index contributed by atoms with van der Waals surface area (Å²) in [7, 11) is -1.14. The summed E-state index contributed by atoms with van der Waals surface area (Å²) in [5.74, 6) is 0. The molecule has 0 N–H and O–H groups in total. The highest BCUT2D eigenvalue weighted by atomic mass is 32.2. The summed E-state index contributed by atoms with van der Waals surface area (Å²) >= 11 is 1.72. The summed E-state index contributed by atoms with van der Waals surface area (Å²) < 4.78 is 26.5. The first-order chi connectivity index (χ1) is 15.8. The van der Waals surface area contributed by atoms with Crippen molar-refractivity contribution >= 4 is 36.9 Å². The maximum absolute atomic E-state index is 6.62. The second-order valence-electron chi connectivity index (χ2n) is 11.1. The van der Waals surface area contributed by atoms with E-state index in [-0.39, 0.29) is 0 Å². The normalized spacial score (nSPS) is 23.2. The van der Waals surface area contributed by atoms with Gasteiger partial charge in [0.05, 0.1) is 22.4 Å². The molecule has 4 nitrogen and oxygen atoms in total. The first-order valence-corrected chi connectivity index (χ1v) is 13.2. The Kier molecular flexibility index (Phi) is 6.67. The van der Waals surface area contributed by atoms with Crippen molar-refractivity contribution in [3.8, 4) is 0 Å². The van der Waals surface area contributed by atoms with Crippen molar-refractivity contribution in [3.05, 3.63) is 65.7 Å². The van der Waals surface area contributed by atoms with E-state index >= 15 is 0 Å². The molecule has 2 aliphatic rings. The van der Waals surface area contributed by atoms with Crippen LogP contribution >= 0.6 is 11.8 Å². The molecule has 0 spiro atoms. The summed E-state index contributed by atoms with van der Waals surface area (Å²) in [5, 5.41) is 0. The predicted molar refractivity (Wildman–Crippen MR) is 144 cm³/mol. The van der Waals surface area contributed by atoms with E-state index in [0.717, 1.165) is 22.1 Å². The molecule has 2 aliphatic heterocycles. The van der Waals surface area contributed by atoms with E-state index in [2.05, 4.69) is 98.0 Å². The highest BCUT2D eigenvalue weighted by Crippen LogP contribution is 2.47. The fourth-order valence-corrected chi connectivity index (χ4v) is 4.63. The lowest BCUT2D eigenvalue weighted by molar-refractivity contribution is 0.00578. The van der Waals surface area contributed by atoms with E-state index in [0.29, 0.717) is 0 Å². The van der Waals surface area contributed by atoms with Crippen molar-refractivity contribution in [2.45, 2.75) is 82.7 Å². The van der Waals surface area contributed by atoms with E-state index in [4.69, 9.17) is 18.6 Å². The SMILES string of the molecule is CSc1cccc(/C(B2OC(C)(C)C(C)(C)O2)=C(/B2OC(C)(C)C(C)(C)O2)c2ccccc2)c1. The first kappa shape index (κ1) is 25.6. The van der Waals surface area contributed by atoms with Crippen LogP contribution in [-0.4, -0.2) is 42.9 Å². The number of benzene rings is 2. The van der Waals surface area contributed by atoms with Gasteiger partial charge in [0.2, 0.25) is 0 Å². The standard InChI is InChI=1S/C27H36B2O4S/c1-24(2)25(3,4)31-28(30-24)22(19-14-11-10-12-15-19)23(20-16-13-17-21(18-20)34-9)29-32-26(5,6)27(7,8)33-29/h10-18H,1-9H3/b23-22-. The third-order valence-electron chi connectivity index (χ3n) is 7.73. The van der Waals surface area contributed by atoms with Crippen LogP contribution in [0.1, 0.15) is 66.5 Å². The maximum atomic E-state index is 6.62. The number of thioether (sulfide) groups is 1. The lowest BCUT2D eigenvalue weighted by Crippen LogP contribution is -2.41. The largest absolute Gasteiger partial charge is 0.495 e. The minimum absolute atomic E-state index is 0.472. The van der Waals surface area contributed by atoms with E-state index < -0.39 is 36.6 Å². The molecule has 34 heavy (non-hydrogen) atoms. The van der Waals surface area contributed by atoms with Gasteiger partial charge in [-0.05, 0) is 95.9 Å². The van der Waals surface area contributed by atoms with Crippen molar-refractivity contribution in [2.24, 2.45) is 0 Å². The Bertz CT molecular complexity index is 1050. The second-order valence-corrected chi connectivity index (χ2v) is 12.0. The van der Waals surface area contributed by atoms with Gasteiger partial charge in [0, 0.05) is 4.90 Å². The van der Waals surface area contributed by atoms with Crippen LogP contribution in [0.25, 0.3) is 10.9 Å². The number of hydrogen-bond acceptors (Lipinski definition) is 5. The summed E-state index contributed by atoms with van der Waals surface area (Å²) in [6.45, 7) is 16.7. The molecule has 7 heteroatoms. The van der Waals surface area contributed by atoms with Gasteiger partial charge in [-0.25, -0.2) is 0 Å². The molecule has 2 saturated heterocycles. The minimum Gasteiger partial charge on any atom is -0.399 e. The Morgan fingerprint density at radius 2 is 1.00 bits per heavy atom. The molecular weight excluding hydrogens is 442 g/mol. The molecule has 2 aromatic carbocycles. The van der Waals surface area contributed by atoms with Crippen LogP contribution in [0.4, 0.5) is 0 Å². The van der Waals surface area contributed by atoms with Gasteiger partial charge in [-0.2, -0.15) is 0 Å². The Labute approximate surface area is 210 Å². The smallest absolute Gasteiger partial charge is 0.399 e. The van der Waals surface area contributed by atoms with Crippen molar-refractivity contribution in [1.82, 2.24) is 0 Å². The van der Waals surface area contributed by atoms with Crippen molar-refractivity contribution in [1.29, 1.82) is 0 Å². The summed E-state index contributed by atoms with van der Waals surface area (Å²) in [6.07, 6.45) is 2.09. The van der Waals surface area contributed by atoms with Crippen molar-refractivity contribution in [3.63, 3.8) is 0 Å². The monoisotopic (exact) mass is 478 g/mol. The van der Waals surface area contributed by atoms with Gasteiger partial charge in [0.1, 0.15) is 0 Å². The lowest BCUT2D eigenvalue weighted by atomic mass is 9.60. The van der Waals surface area contributed by atoms with Gasteiger partial charge in [-0.3, -0.25) is 0 Å². The Morgan fingerprint density at radius 1 is 0.588 bits per heavy atom. The highest BCUT2D eigenvalue weighted by molar-refractivity contribution is 7.98. The van der Waals surface area contributed by atoms with E-state index in [1.807, 2.05) is 18.2 Å². The zero-order valence-corrected chi connectivity index (χ0v) is 22.7. The fraction of sp³-hybridized carbons (Fsp3) is 0.481. The number of rotatable bonds is 5. The maximum Gasteiger partial charge on any atom is 0.495 e. The topological polar surface area (TPSA) is 36.9 Å². The minimum atomic E-state index is -0.573. The van der Waals surface area contributed by atoms with Crippen LogP contribution in [0.2, 0.25) is 0 Å². The first-order valence-electron chi connectivity index (χ1n) is 11.9. The molecule has 2 aromatic rings. The zero-order valence-electron chi connectivity index (χ0n) is 21.9. The van der Waals surface area contributed by atoms with Crippen LogP contribution in [0.15, 0.2) is 59.5 Å². The molecule has 0 amide bonds. The van der Waals surface area contributed by atoms with Gasteiger partial charge in [-0.15, -0.1) is 11.8 Å². The molecule has 0 saturated carbocycles. The average Bonchev–Trinajstić information content (AvgIpc) is 3.11. The Morgan fingerprint density at radius 3 is 1.44 bits per heavy atom.